The van der Waals surface area contributed by atoms with Crippen LogP contribution in [0.4, 0.5) is 11.4 Å². The monoisotopic (exact) mass is 536 g/mol. The highest BCUT2D eigenvalue weighted by molar-refractivity contribution is 7.99. The number of nitrogens with one attached hydrogen (secondary N) is 1. The van der Waals surface area contributed by atoms with Crippen molar-refractivity contribution in [3.8, 4) is 0 Å². The second-order valence-electron chi connectivity index (χ2n) is 8.71. The largest absolute Gasteiger partial charge is 0.337 e. The van der Waals surface area contributed by atoms with Crippen LogP contribution < -0.4 is 10.3 Å². The normalized spacial score (nSPS) is 12.4. The number of rotatable bonds is 5. The summed E-state index contributed by atoms with van der Waals surface area (Å²) in [6, 6.07) is 30.2. The molecular weight excluding hydrogens is 516 g/mol. The van der Waals surface area contributed by atoms with E-state index in [9.17, 15) is 9.59 Å². The van der Waals surface area contributed by atoms with E-state index in [1.165, 1.54) is 0 Å². The highest BCUT2D eigenvalue weighted by atomic mass is 35.5. The number of anilines is 2. The van der Waals surface area contributed by atoms with Gasteiger partial charge in [-0.1, -0.05) is 71.9 Å². The lowest BCUT2D eigenvalue weighted by molar-refractivity contribution is -0.118. The quantitative estimate of drug-likeness (QED) is 0.196. The highest BCUT2D eigenvalue weighted by Gasteiger charge is 2.28. The molecule has 0 saturated heterocycles. The van der Waals surface area contributed by atoms with Crippen LogP contribution in [0.25, 0.3) is 10.9 Å². The Bertz CT molecular complexity index is 1710. The molecule has 186 valence electrons. The van der Waals surface area contributed by atoms with E-state index in [1.807, 2.05) is 83.6 Å². The summed E-state index contributed by atoms with van der Waals surface area (Å²) in [7, 11) is 0. The molecule has 5 aromatic rings. The van der Waals surface area contributed by atoms with Crippen molar-refractivity contribution in [2.24, 2.45) is 5.10 Å². The van der Waals surface area contributed by atoms with Gasteiger partial charge in [-0.2, -0.15) is 5.10 Å². The summed E-state index contributed by atoms with van der Waals surface area (Å²) < 4.78 is 1.91. The molecule has 0 atom stereocenters. The summed E-state index contributed by atoms with van der Waals surface area (Å²) in [5.74, 6) is -0.386. The summed E-state index contributed by atoms with van der Waals surface area (Å²) >= 11 is 7.95. The lowest BCUT2D eigenvalue weighted by Gasteiger charge is -2.31. The van der Waals surface area contributed by atoms with Gasteiger partial charge in [-0.15, -0.1) is 0 Å². The van der Waals surface area contributed by atoms with E-state index < -0.39 is 0 Å². The van der Waals surface area contributed by atoms with Crippen LogP contribution in [-0.4, -0.2) is 22.6 Å². The zero-order chi connectivity index (χ0) is 26.1. The van der Waals surface area contributed by atoms with Crippen LogP contribution in [-0.2, 0) is 11.3 Å². The molecule has 0 radical (unpaired) electrons. The lowest BCUT2D eigenvalue weighted by atomic mass is 10.2. The summed E-state index contributed by atoms with van der Waals surface area (Å²) in [4.78, 5) is 30.0. The molecule has 0 unspecified atom stereocenters. The zero-order valence-electron chi connectivity index (χ0n) is 20.0. The second-order valence-corrected chi connectivity index (χ2v) is 10.2. The molecule has 0 aliphatic carbocycles. The van der Waals surface area contributed by atoms with Crippen LogP contribution in [0, 0.1) is 0 Å². The van der Waals surface area contributed by atoms with Crippen LogP contribution in [0.15, 0.2) is 118 Å². The zero-order valence-corrected chi connectivity index (χ0v) is 21.6. The second kappa shape index (κ2) is 10.2. The van der Waals surface area contributed by atoms with Gasteiger partial charge in [-0.25, -0.2) is 5.43 Å². The molecule has 0 spiro atoms. The van der Waals surface area contributed by atoms with E-state index in [2.05, 4.69) is 10.5 Å². The highest BCUT2D eigenvalue weighted by Crippen LogP contribution is 2.48. The molecule has 0 fully saturated rings. The number of para-hydroxylation sites is 2. The van der Waals surface area contributed by atoms with Crippen molar-refractivity contribution in [2.45, 2.75) is 16.3 Å². The van der Waals surface area contributed by atoms with Crippen LogP contribution in [0.2, 0.25) is 5.02 Å². The van der Waals surface area contributed by atoms with Crippen LogP contribution in [0.3, 0.4) is 0 Å². The van der Waals surface area contributed by atoms with Crippen molar-refractivity contribution in [1.29, 1.82) is 0 Å². The molecule has 1 aliphatic rings. The number of hydrogen-bond acceptors (Lipinski definition) is 4. The Kier molecular flexibility index (Phi) is 6.45. The van der Waals surface area contributed by atoms with Crippen molar-refractivity contribution >= 4 is 63.7 Å². The predicted molar refractivity (Wildman–Crippen MR) is 153 cm³/mol. The summed E-state index contributed by atoms with van der Waals surface area (Å²) in [5.41, 5.74) is 6.39. The van der Waals surface area contributed by atoms with E-state index >= 15 is 0 Å². The molecule has 0 saturated carbocycles. The number of nitrogens with zero attached hydrogens (tertiary/aromatic N) is 3. The third-order valence-electron chi connectivity index (χ3n) is 6.27. The molecule has 1 N–H and O–H groups in total. The summed E-state index contributed by atoms with van der Waals surface area (Å²) in [6.07, 6.45) is 3.48. The summed E-state index contributed by atoms with van der Waals surface area (Å²) in [5, 5.41) is 5.67. The molecular formula is C30H21ClN4O2S. The van der Waals surface area contributed by atoms with E-state index in [0.29, 0.717) is 10.6 Å². The van der Waals surface area contributed by atoms with Crippen molar-refractivity contribution < 1.29 is 9.59 Å². The first kappa shape index (κ1) is 24.0. The molecule has 2 heterocycles. The van der Waals surface area contributed by atoms with Crippen molar-refractivity contribution in [1.82, 2.24) is 9.99 Å². The van der Waals surface area contributed by atoms with E-state index in [4.69, 9.17) is 11.6 Å². The first-order chi connectivity index (χ1) is 18.6. The number of hydrogen-bond donors (Lipinski definition) is 1. The van der Waals surface area contributed by atoms with Crippen molar-refractivity contribution in [2.75, 3.05) is 4.90 Å². The fraction of sp³-hybridized carbons (Fsp3) is 0.0333. The molecule has 8 heteroatoms. The lowest BCUT2D eigenvalue weighted by Crippen LogP contribution is -2.31. The Morgan fingerprint density at radius 2 is 1.61 bits per heavy atom. The van der Waals surface area contributed by atoms with Gasteiger partial charge >= 0.3 is 0 Å². The number of carbonyl (C=O) groups excluding carboxylic acids is 2. The Hall–Kier alpha value is -4.33. The molecule has 1 aliphatic heterocycles. The van der Waals surface area contributed by atoms with Gasteiger partial charge in [0.1, 0.15) is 6.54 Å². The SMILES string of the molecule is O=C(N/N=C\c1cn(CC(=O)N2c3ccccc3Sc3ccc(Cl)cc32)c2ccccc12)c1ccccc1. The Balaban J connectivity index is 1.31. The number of aromatic nitrogens is 1. The fourth-order valence-corrected chi connectivity index (χ4v) is 5.74. The smallest absolute Gasteiger partial charge is 0.271 e. The standard InChI is InChI=1S/C30H21ClN4O2S/c31-22-14-15-28-26(16-22)35(25-12-6-7-13-27(25)38-28)29(36)19-34-18-21(23-10-4-5-11-24(23)34)17-32-33-30(37)20-8-2-1-3-9-20/h1-18H,19H2,(H,33,37)/b32-17-. The molecule has 6 rings (SSSR count). The van der Waals surface area contributed by atoms with Gasteiger partial charge in [0, 0.05) is 43.0 Å². The third-order valence-corrected chi connectivity index (χ3v) is 7.63. The molecule has 4 aromatic carbocycles. The van der Waals surface area contributed by atoms with Crippen LogP contribution in [0.5, 0.6) is 0 Å². The molecule has 38 heavy (non-hydrogen) atoms. The maximum atomic E-state index is 13.9. The van der Waals surface area contributed by atoms with Crippen molar-refractivity contribution in [3.05, 3.63) is 119 Å². The van der Waals surface area contributed by atoms with E-state index in [-0.39, 0.29) is 18.4 Å². The van der Waals surface area contributed by atoms with Crippen LogP contribution in [0.1, 0.15) is 15.9 Å². The minimum absolute atomic E-state index is 0.0945. The van der Waals surface area contributed by atoms with E-state index in [1.54, 1.807) is 47.1 Å². The maximum absolute atomic E-state index is 13.9. The predicted octanol–water partition coefficient (Wildman–Crippen LogP) is 6.89. The van der Waals surface area contributed by atoms with Gasteiger partial charge in [0.15, 0.2) is 0 Å². The van der Waals surface area contributed by atoms with Gasteiger partial charge in [0.25, 0.3) is 11.8 Å². The number of halogens is 1. The average molecular weight is 537 g/mol. The van der Waals surface area contributed by atoms with Gasteiger partial charge in [0.05, 0.1) is 17.6 Å². The Morgan fingerprint density at radius 1 is 0.868 bits per heavy atom. The average Bonchev–Trinajstić information content (AvgIpc) is 3.29. The van der Waals surface area contributed by atoms with Gasteiger partial charge in [-0.3, -0.25) is 14.5 Å². The summed E-state index contributed by atoms with van der Waals surface area (Å²) in [6.45, 7) is 0.107. The Morgan fingerprint density at radius 3 is 2.47 bits per heavy atom. The van der Waals surface area contributed by atoms with Crippen LogP contribution >= 0.6 is 23.4 Å². The number of benzene rings is 4. The fourth-order valence-electron chi connectivity index (χ4n) is 4.54. The Labute approximate surface area is 228 Å². The van der Waals surface area contributed by atoms with E-state index in [0.717, 1.165) is 37.6 Å². The minimum atomic E-state index is -0.292. The first-order valence-electron chi connectivity index (χ1n) is 11.9. The third kappa shape index (κ3) is 4.58. The molecule has 6 nitrogen and oxygen atoms in total. The number of carbonyl (C=O) groups is 2. The minimum Gasteiger partial charge on any atom is -0.337 e. The van der Waals surface area contributed by atoms with Gasteiger partial charge < -0.3 is 4.57 Å². The first-order valence-corrected chi connectivity index (χ1v) is 13.1. The number of hydrazone groups is 1. The van der Waals surface area contributed by atoms with Gasteiger partial charge in [0.2, 0.25) is 0 Å². The topological polar surface area (TPSA) is 66.7 Å². The molecule has 2 amide bonds. The molecule has 0 bridgehead atoms. The molecule has 1 aromatic heterocycles. The maximum Gasteiger partial charge on any atom is 0.271 e. The van der Waals surface area contributed by atoms with Gasteiger partial charge in [-0.05, 0) is 48.5 Å². The number of fused-ring (bicyclic) bond motifs is 3. The number of amides is 2. The van der Waals surface area contributed by atoms with Crippen molar-refractivity contribution in [3.63, 3.8) is 0 Å².